The zero-order chi connectivity index (χ0) is 19.7. The lowest BCUT2D eigenvalue weighted by Gasteiger charge is -2.24. The molecule has 0 bridgehead atoms. The number of phosphoric acid groups is 1. The van der Waals surface area contributed by atoms with Crippen molar-refractivity contribution in [3.8, 4) is 5.75 Å². The second kappa shape index (κ2) is 10.6. The summed E-state index contributed by atoms with van der Waals surface area (Å²) in [4.78, 5) is 24.1. The average Bonchev–Trinajstić information content (AvgIpc) is 3.15. The Labute approximate surface area is 160 Å². The van der Waals surface area contributed by atoms with Crippen molar-refractivity contribution >= 4 is 7.82 Å². The first-order valence-electron chi connectivity index (χ1n) is 9.10. The number of benzene rings is 2. The van der Waals surface area contributed by atoms with E-state index < -0.39 is 7.82 Å². The van der Waals surface area contributed by atoms with Gasteiger partial charge in [0.2, 0.25) is 0 Å². The molecule has 1 aliphatic heterocycles. The van der Waals surface area contributed by atoms with E-state index in [9.17, 15) is 0 Å². The molecule has 1 saturated heterocycles. The first-order valence-corrected chi connectivity index (χ1v) is 10.7. The zero-order valence-electron chi connectivity index (χ0n) is 15.6. The van der Waals surface area contributed by atoms with Gasteiger partial charge in [0.05, 0.1) is 0 Å². The van der Waals surface area contributed by atoms with Crippen LogP contribution in [0.5, 0.6) is 5.75 Å². The van der Waals surface area contributed by atoms with E-state index in [-0.39, 0.29) is 0 Å². The highest BCUT2D eigenvalue weighted by atomic mass is 31.2. The first-order chi connectivity index (χ1) is 12.8. The normalized spacial score (nSPS) is 15.7. The Morgan fingerprint density at radius 1 is 1.00 bits per heavy atom. The SMILES string of the molecule is CC(COc1ccccc1Cc1ccccc1)N1CCCC1.O=P(O)(O)O. The molecule has 148 valence electrons. The van der Waals surface area contributed by atoms with Crippen molar-refractivity contribution in [3.63, 3.8) is 0 Å². The predicted octanol–water partition coefficient (Wildman–Crippen LogP) is 3.21. The standard InChI is InChI=1S/C20H25NO.H3O4P/c1-17(21-13-7-8-14-21)16-22-20-12-6-5-11-19(20)15-18-9-3-2-4-10-18;1-5(2,3)4/h2-6,9-12,17H,7-8,13-16H2,1H3;(H3,1,2,3,4). The maximum Gasteiger partial charge on any atom is 0.466 e. The predicted molar refractivity (Wildman–Crippen MR) is 106 cm³/mol. The second-order valence-corrected chi connectivity index (χ2v) is 7.71. The summed E-state index contributed by atoms with van der Waals surface area (Å²) in [6, 6.07) is 19.5. The fourth-order valence-electron chi connectivity index (χ4n) is 3.10. The molecule has 0 aliphatic carbocycles. The van der Waals surface area contributed by atoms with Gasteiger partial charge in [-0.05, 0) is 50.0 Å². The largest absolute Gasteiger partial charge is 0.492 e. The lowest BCUT2D eigenvalue weighted by Crippen LogP contribution is -2.34. The maximum atomic E-state index is 8.88. The molecular weight excluding hydrogens is 365 g/mol. The molecule has 1 heterocycles. The highest BCUT2D eigenvalue weighted by molar-refractivity contribution is 7.45. The number of hydrogen-bond acceptors (Lipinski definition) is 3. The van der Waals surface area contributed by atoms with Gasteiger partial charge in [-0.15, -0.1) is 0 Å². The van der Waals surface area contributed by atoms with Gasteiger partial charge in [0.15, 0.2) is 0 Å². The van der Waals surface area contributed by atoms with E-state index in [0.717, 1.165) is 18.8 Å². The summed E-state index contributed by atoms with van der Waals surface area (Å²) in [6.45, 7) is 5.48. The van der Waals surface area contributed by atoms with Gasteiger partial charge in [0.25, 0.3) is 0 Å². The van der Waals surface area contributed by atoms with Crippen LogP contribution in [-0.2, 0) is 11.0 Å². The van der Waals surface area contributed by atoms with E-state index in [1.54, 1.807) is 0 Å². The number of rotatable bonds is 6. The summed E-state index contributed by atoms with van der Waals surface area (Å²) in [7, 11) is -4.64. The van der Waals surface area contributed by atoms with Crippen LogP contribution in [0.4, 0.5) is 0 Å². The van der Waals surface area contributed by atoms with Gasteiger partial charge in [0, 0.05) is 12.5 Å². The van der Waals surface area contributed by atoms with Crippen LogP contribution >= 0.6 is 7.82 Å². The molecule has 1 unspecified atom stereocenters. The molecule has 2 aromatic carbocycles. The Morgan fingerprint density at radius 2 is 1.56 bits per heavy atom. The Balaban J connectivity index is 0.000000465. The fraction of sp³-hybridized carbons (Fsp3) is 0.400. The Hall–Kier alpha value is -1.69. The van der Waals surface area contributed by atoms with Crippen LogP contribution in [0, 0.1) is 0 Å². The van der Waals surface area contributed by atoms with Gasteiger partial charge >= 0.3 is 7.82 Å². The summed E-state index contributed by atoms with van der Waals surface area (Å²) in [5, 5.41) is 0. The molecule has 0 spiro atoms. The van der Waals surface area contributed by atoms with Crippen LogP contribution < -0.4 is 4.74 Å². The monoisotopic (exact) mass is 393 g/mol. The summed E-state index contributed by atoms with van der Waals surface area (Å²) >= 11 is 0. The third kappa shape index (κ3) is 8.69. The van der Waals surface area contributed by atoms with Crippen molar-refractivity contribution in [1.29, 1.82) is 0 Å². The van der Waals surface area contributed by atoms with E-state index in [2.05, 4.69) is 66.4 Å². The lowest BCUT2D eigenvalue weighted by atomic mass is 10.0. The third-order valence-corrected chi connectivity index (χ3v) is 4.45. The lowest BCUT2D eigenvalue weighted by molar-refractivity contribution is 0.172. The molecule has 1 aliphatic rings. The number of likely N-dealkylation sites (tertiary alicyclic amines) is 1. The summed E-state index contributed by atoms with van der Waals surface area (Å²) in [6.07, 6.45) is 3.58. The number of nitrogens with zero attached hydrogens (tertiary/aromatic N) is 1. The second-order valence-electron chi connectivity index (χ2n) is 6.69. The van der Waals surface area contributed by atoms with Crippen molar-refractivity contribution in [2.45, 2.75) is 32.2 Å². The van der Waals surface area contributed by atoms with Gasteiger partial charge in [-0.3, -0.25) is 4.90 Å². The van der Waals surface area contributed by atoms with Crippen molar-refractivity contribution in [2.75, 3.05) is 19.7 Å². The van der Waals surface area contributed by atoms with Crippen LogP contribution in [0.1, 0.15) is 30.9 Å². The fourth-order valence-corrected chi connectivity index (χ4v) is 3.10. The minimum atomic E-state index is -4.64. The molecule has 3 N–H and O–H groups in total. The Morgan fingerprint density at radius 3 is 2.19 bits per heavy atom. The average molecular weight is 393 g/mol. The molecule has 1 fully saturated rings. The van der Waals surface area contributed by atoms with Gasteiger partial charge in [0.1, 0.15) is 12.4 Å². The Kier molecular flexibility index (Phi) is 8.48. The van der Waals surface area contributed by atoms with E-state index in [1.807, 2.05) is 0 Å². The molecular formula is C20H28NO5P. The summed E-state index contributed by atoms with van der Waals surface area (Å²) in [5.41, 5.74) is 2.59. The molecule has 3 rings (SSSR count). The zero-order valence-corrected chi connectivity index (χ0v) is 16.5. The number of para-hydroxylation sites is 1. The van der Waals surface area contributed by atoms with Crippen LogP contribution in [0.25, 0.3) is 0 Å². The quantitative estimate of drug-likeness (QED) is 0.653. The third-order valence-electron chi connectivity index (χ3n) is 4.45. The molecule has 0 aromatic heterocycles. The number of hydrogen-bond donors (Lipinski definition) is 3. The van der Waals surface area contributed by atoms with Crippen LogP contribution in [-0.4, -0.2) is 45.3 Å². The van der Waals surface area contributed by atoms with Crippen molar-refractivity contribution < 1.29 is 24.0 Å². The first kappa shape index (κ1) is 21.6. The minimum Gasteiger partial charge on any atom is -0.492 e. The van der Waals surface area contributed by atoms with E-state index in [0.29, 0.717) is 6.04 Å². The van der Waals surface area contributed by atoms with E-state index >= 15 is 0 Å². The molecule has 7 heteroatoms. The van der Waals surface area contributed by atoms with Crippen molar-refractivity contribution in [2.24, 2.45) is 0 Å². The van der Waals surface area contributed by atoms with E-state index in [1.165, 1.54) is 37.1 Å². The number of ether oxygens (including phenoxy) is 1. The van der Waals surface area contributed by atoms with Crippen LogP contribution in [0.15, 0.2) is 54.6 Å². The van der Waals surface area contributed by atoms with Crippen LogP contribution in [0.3, 0.4) is 0 Å². The van der Waals surface area contributed by atoms with Crippen molar-refractivity contribution in [1.82, 2.24) is 4.90 Å². The topological polar surface area (TPSA) is 90.2 Å². The molecule has 1 atom stereocenters. The highest BCUT2D eigenvalue weighted by Gasteiger charge is 2.18. The molecule has 0 radical (unpaired) electrons. The molecule has 0 amide bonds. The summed E-state index contributed by atoms with van der Waals surface area (Å²) in [5.74, 6) is 1.03. The maximum absolute atomic E-state index is 8.88. The van der Waals surface area contributed by atoms with Gasteiger partial charge in [-0.2, -0.15) is 0 Å². The highest BCUT2D eigenvalue weighted by Crippen LogP contribution is 2.26. The minimum absolute atomic E-state index is 0.493. The van der Waals surface area contributed by atoms with Crippen LogP contribution in [0.2, 0.25) is 0 Å². The molecule has 27 heavy (non-hydrogen) atoms. The molecule has 0 saturated carbocycles. The molecule has 2 aromatic rings. The summed E-state index contributed by atoms with van der Waals surface area (Å²) < 4.78 is 15.0. The van der Waals surface area contributed by atoms with Gasteiger partial charge < -0.3 is 19.4 Å². The smallest absolute Gasteiger partial charge is 0.466 e. The van der Waals surface area contributed by atoms with Gasteiger partial charge in [-0.25, -0.2) is 4.57 Å². The van der Waals surface area contributed by atoms with Gasteiger partial charge in [-0.1, -0.05) is 48.5 Å². The van der Waals surface area contributed by atoms with Crippen molar-refractivity contribution in [3.05, 3.63) is 65.7 Å². The molecule has 6 nitrogen and oxygen atoms in total. The van der Waals surface area contributed by atoms with E-state index in [4.69, 9.17) is 24.0 Å². The Bertz CT molecular complexity index is 720.